The summed E-state index contributed by atoms with van der Waals surface area (Å²) in [5.41, 5.74) is 1.25. The number of ether oxygens (including phenoxy) is 1. The first-order chi connectivity index (χ1) is 18.1. The third kappa shape index (κ3) is 5.90. The van der Waals surface area contributed by atoms with Crippen molar-refractivity contribution in [3.63, 3.8) is 0 Å². The monoisotopic (exact) mass is 524 g/mol. The molecule has 2 aromatic rings. The Hall–Kier alpha value is -2.87. The molecule has 1 aromatic carbocycles. The number of hydrogen-bond donors (Lipinski definition) is 1. The molecule has 208 valence electrons. The second-order valence-corrected chi connectivity index (χ2v) is 11.9. The number of nitrogens with one attached hydrogen (secondary N) is 1. The number of hydrogen-bond acceptors (Lipinski definition) is 5. The normalized spacial score (nSPS) is 20.1. The van der Waals surface area contributed by atoms with Crippen molar-refractivity contribution in [2.45, 2.75) is 84.8 Å². The number of unbranched alkanes of at least 4 members (excludes halogenated alkanes) is 1. The molecule has 3 heterocycles. The highest BCUT2D eigenvalue weighted by molar-refractivity contribution is 6.00. The van der Waals surface area contributed by atoms with Crippen molar-refractivity contribution in [2.24, 2.45) is 11.8 Å². The summed E-state index contributed by atoms with van der Waals surface area (Å²) in [6.07, 6.45) is 5.26. The standard InChI is InChI=1S/C30H44N4O4/c1-6-7-13-34-27(35)25(17-21(2)3)31-28(36)30(34)11-15-32(16-12-30)19-23-8-9-26-24(18-23)10-14-33(26)29(37)38-20-22(4)5/h8-10,14,18,21-22,25H,6-7,11-13,15-17,19-20H2,1-5H3,(H,31,36). The van der Waals surface area contributed by atoms with Gasteiger partial charge >= 0.3 is 6.09 Å². The Labute approximate surface area is 226 Å². The van der Waals surface area contributed by atoms with Crippen LogP contribution in [0.25, 0.3) is 10.9 Å². The summed E-state index contributed by atoms with van der Waals surface area (Å²) in [4.78, 5) is 43.7. The van der Waals surface area contributed by atoms with E-state index < -0.39 is 11.6 Å². The Bertz CT molecular complexity index is 1150. The highest BCUT2D eigenvalue weighted by Gasteiger charge is 2.53. The van der Waals surface area contributed by atoms with E-state index in [-0.39, 0.29) is 23.8 Å². The molecule has 8 heteroatoms. The highest BCUT2D eigenvalue weighted by atomic mass is 16.5. The molecule has 2 saturated heterocycles. The number of piperidine rings is 1. The molecule has 0 saturated carbocycles. The lowest BCUT2D eigenvalue weighted by atomic mass is 9.80. The van der Waals surface area contributed by atoms with Crippen molar-refractivity contribution >= 4 is 28.8 Å². The van der Waals surface area contributed by atoms with Gasteiger partial charge in [-0.2, -0.15) is 0 Å². The van der Waals surface area contributed by atoms with Gasteiger partial charge in [-0.15, -0.1) is 0 Å². The van der Waals surface area contributed by atoms with Gasteiger partial charge in [0.05, 0.1) is 12.1 Å². The molecule has 4 rings (SSSR count). The Morgan fingerprint density at radius 1 is 1.11 bits per heavy atom. The van der Waals surface area contributed by atoms with E-state index in [1.807, 2.05) is 30.9 Å². The molecule has 0 aliphatic carbocycles. The maximum atomic E-state index is 13.5. The van der Waals surface area contributed by atoms with Crippen molar-refractivity contribution in [2.75, 3.05) is 26.2 Å². The fourth-order valence-corrected chi connectivity index (χ4v) is 5.74. The number of likely N-dealkylation sites (tertiary alicyclic amines) is 1. The Morgan fingerprint density at radius 3 is 2.50 bits per heavy atom. The maximum absolute atomic E-state index is 13.5. The Balaban J connectivity index is 1.43. The fraction of sp³-hybridized carbons (Fsp3) is 0.633. The topological polar surface area (TPSA) is 83.9 Å². The number of aromatic nitrogens is 1. The first-order valence-corrected chi connectivity index (χ1v) is 14.3. The molecule has 0 bridgehead atoms. The second-order valence-electron chi connectivity index (χ2n) is 11.9. The molecule has 2 aliphatic rings. The Kier molecular flexibility index (Phi) is 8.81. The summed E-state index contributed by atoms with van der Waals surface area (Å²) in [5.74, 6) is 0.731. The number of piperazine rings is 1. The van der Waals surface area contributed by atoms with Gasteiger partial charge in [-0.1, -0.05) is 47.1 Å². The van der Waals surface area contributed by atoms with Crippen LogP contribution in [0.5, 0.6) is 0 Å². The lowest BCUT2D eigenvalue weighted by molar-refractivity contribution is -0.161. The third-order valence-electron chi connectivity index (χ3n) is 7.83. The minimum absolute atomic E-state index is 0.0191. The van der Waals surface area contributed by atoms with Crippen LogP contribution in [0.3, 0.4) is 0 Å². The van der Waals surface area contributed by atoms with Gasteiger partial charge in [0, 0.05) is 37.8 Å². The third-order valence-corrected chi connectivity index (χ3v) is 7.83. The summed E-state index contributed by atoms with van der Waals surface area (Å²) in [6.45, 7) is 13.6. The molecular formula is C30H44N4O4. The average molecular weight is 525 g/mol. The quantitative estimate of drug-likeness (QED) is 0.510. The van der Waals surface area contributed by atoms with Gasteiger partial charge in [0.15, 0.2) is 0 Å². The number of amides is 2. The lowest BCUT2D eigenvalue weighted by Crippen LogP contribution is -2.73. The van der Waals surface area contributed by atoms with E-state index in [2.05, 4.69) is 43.1 Å². The fourth-order valence-electron chi connectivity index (χ4n) is 5.74. The van der Waals surface area contributed by atoms with Crippen LogP contribution in [0.2, 0.25) is 0 Å². The minimum Gasteiger partial charge on any atom is -0.449 e. The van der Waals surface area contributed by atoms with E-state index >= 15 is 0 Å². The van der Waals surface area contributed by atoms with E-state index in [0.29, 0.717) is 38.3 Å². The van der Waals surface area contributed by atoms with E-state index in [1.165, 1.54) is 0 Å². The maximum Gasteiger partial charge on any atom is 0.418 e. The molecule has 1 unspecified atom stereocenters. The van der Waals surface area contributed by atoms with Crippen molar-refractivity contribution in [1.29, 1.82) is 0 Å². The number of rotatable bonds is 9. The zero-order chi connectivity index (χ0) is 27.4. The van der Waals surface area contributed by atoms with Crippen LogP contribution < -0.4 is 5.32 Å². The second kappa shape index (κ2) is 11.9. The molecule has 0 radical (unpaired) electrons. The van der Waals surface area contributed by atoms with Crippen molar-refractivity contribution in [1.82, 2.24) is 19.7 Å². The van der Waals surface area contributed by atoms with E-state index in [1.54, 1.807) is 10.8 Å². The Morgan fingerprint density at radius 2 is 1.84 bits per heavy atom. The van der Waals surface area contributed by atoms with Crippen LogP contribution >= 0.6 is 0 Å². The van der Waals surface area contributed by atoms with Gasteiger partial charge in [-0.25, -0.2) is 4.79 Å². The van der Waals surface area contributed by atoms with Crippen LogP contribution in [0, 0.1) is 11.8 Å². The smallest absolute Gasteiger partial charge is 0.418 e. The predicted octanol–water partition coefficient (Wildman–Crippen LogP) is 4.79. The van der Waals surface area contributed by atoms with Gasteiger partial charge in [0.25, 0.3) is 0 Å². The number of carbonyl (C=O) groups is 3. The lowest BCUT2D eigenvalue weighted by Gasteiger charge is -2.52. The molecule has 1 spiro atoms. The summed E-state index contributed by atoms with van der Waals surface area (Å²) in [6, 6.07) is 7.68. The summed E-state index contributed by atoms with van der Waals surface area (Å²) < 4.78 is 6.95. The largest absolute Gasteiger partial charge is 0.449 e. The van der Waals surface area contributed by atoms with Crippen LogP contribution in [0.15, 0.2) is 30.5 Å². The van der Waals surface area contributed by atoms with Gasteiger partial charge < -0.3 is 15.0 Å². The number of benzene rings is 1. The van der Waals surface area contributed by atoms with Gasteiger partial charge in [0.2, 0.25) is 11.8 Å². The number of fused-ring (bicyclic) bond motifs is 1. The molecule has 8 nitrogen and oxygen atoms in total. The molecule has 2 fully saturated rings. The molecule has 38 heavy (non-hydrogen) atoms. The zero-order valence-corrected chi connectivity index (χ0v) is 23.7. The molecular weight excluding hydrogens is 480 g/mol. The highest BCUT2D eigenvalue weighted by Crippen LogP contribution is 2.35. The first-order valence-electron chi connectivity index (χ1n) is 14.3. The van der Waals surface area contributed by atoms with Crippen molar-refractivity contribution in [3.05, 3.63) is 36.0 Å². The number of nitrogens with zero attached hydrogens (tertiary/aromatic N) is 3. The molecule has 1 N–H and O–H groups in total. The molecule has 1 atom stereocenters. The van der Waals surface area contributed by atoms with Gasteiger partial charge in [0.1, 0.15) is 11.6 Å². The van der Waals surface area contributed by atoms with E-state index in [0.717, 1.165) is 48.9 Å². The zero-order valence-electron chi connectivity index (χ0n) is 23.7. The minimum atomic E-state index is -0.742. The summed E-state index contributed by atoms with van der Waals surface area (Å²) >= 11 is 0. The van der Waals surface area contributed by atoms with Crippen LogP contribution in [0.1, 0.15) is 72.3 Å². The molecule has 2 aliphatic heterocycles. The summed E-state index contributed by atoms with van der Waals surface area (Å²) in [7, 11) is 0. The van der Waals surface area contributed by atoms with Crippen LogP contribution in [-0.4, -0.2) is 70.1 Å². The van der Waals surface area contributed by atoms with Gasteiger partial charge in [-0.3, -0.25) is 19.1 Å². The molecule has 1 aromatic heterocycles. The van der Waals surface area contributed by atoms with Crippen molar-refractivity contribution in [3.8, 4) is 0 Å². The summed E-state index contributed by atoms with van der Waals surface area (Å²) in [5, 5.41) is 4.08. The average Bonchev–Trinajstić information content (AvgIpc) is 3.30. The van der Waals surface area contributed by atoms with Gasteiger partial charge in [-0.05, 0) is 61.3 Å². The molecule has 2 amide bonds. The van der Waals surface area contributed by atoms with Crippen LogP contribution in [-0.2, 0) is 20.9 Å². The number of carbonyl (C=O) groups excluding carboxylic acids is 3. The predicted molar refractivity (Wildman–Crippen MR) is 149 cm³/mol. The van der Waals surface area contributed by atoms with E-state index in [9.17, 15) is 14.4 Å². The SMILES string of the molecule is CCCCN1C(=O)C(CC(C)C)NC(=O)C12CCN(Cc1ccc3c(ccn3C(=O)OCC(C)C)c1)CC2. The van der Waals surface area contributed by atoms with Crippen LogP contribution in [0.4, 0.5) is 4.79 Å². The first kappa shape index (κ1) is 28.1. The van der Waals surface area contributed by atoms with Crippen molar-refractivity contribution < 1.29 is 19.1 Å². The van der Waals surface area contributed by atoms with E-state index in [4.69, 9.17) is 4.74 Å².